The summed E-state index contributed by atoms with van der Waals surface area (Å²) in [5.74, 6) is 0.606. The van der Waals surface area contributed by atoms with Crippen molar-refractivity contribution in [2.24, 2.45) is 5.73 Å². The number of benzene rings is 1. The van der Waals surface area contributed by atoms with Crippen LogP contribution >= 0.6 is 0 Å². The Labute approximate surface area is 108 Å². The molecular weight excluding hydrogens is 231 g/mol. The highest BCUT2D eigenvalue weighted by atomic mass is 19.1. The zero-order valence-electron chi connectivity index (χ0n) is 11.2. The molecule has 1 aromatic rings. The fourth-order valence-corrected chi connectivity index (χ4v) is 2.10. The van der Waals surface area contributed by atoms with Crippen LogP contribution in [0.15, 0.2) is 18.2 Å². The van der Waals surface area contributed by atoms with E-state index in [1.165, 1.54) is 6.07 Å². The number of nitrogens with two attached hydrogens (primary N) is 1. The van der Waals surface area contributed by atoms with Crippen LogP contribution in [0.3, 0.4) is 0 Å². The number of nitrogens with zero attached hydrogens (tertiary/aromatic N) is 1. The summed E-state index contributed by atoms with van der Waals surface area (Å²) in [6.45, 7) is 5.60. The molecule has 0 saturated carbocycles. The second-order valence-corrected chi connectivity index (χ2v) is 5.59. The highest BCUT2D eigenvalue weighted by molar-refractivity contribution is 5.37. The predicted molar refractivity (Wildman–Crippen MR) is 70.3 cm³/mol. The van der Waals surface area contributed by atoms with E-state index < -0.39 is 0 Å². The van der Waals surface area contributed by atoms with Gasteiger partial charge in [-0.05, 0) is 39.1 Å². The molecule has 1 atom stereocenters. The first-order valence-electron chi connectivity index (χ1n) is 6.29. The van der Waals surface area contributed by atoms with Crippen molar-refractivity contribution in [2.45, 2.75) is 31.9 Å². The van der Waals surface area contributed by atoms with E-state index in [-0.39, 0.29) is 17.5 Å². The van der Waals surface area contributed by atoms with E-state index in [0.717, 1.165) is 24.3 Å². The van der Waals surface area contributed by atoms with E-state index in [4.69, 9.17) is 10.5 Å². The summed E-state index contributed by atoms with van der Waals surface area (Å²) in [5, 5.41) is 0. The van der Waals surface area contributed by atoms with Gasteiger partial charge in [0.2, 0.25) is 0 Å². The van der Waals surface area contributed by atoms with Gasteiger partial charge in [0.25, 0.3) is 0 Å². The standard InChI is InChI=1S/C14H21FN2O/c1-14(2,9-16)17(3)8-12-7-10-6-11(15)4-5-13(10)18-12/h4-6,12H,7-9,16H2,1-3H3. The maximum absolute atomic E-state index is 13.1. The molecule has 0 saturated heterocycles. The first-order chi connectivity index (χ1) is 8.42. The summed E-state index contributed by atoms with van der Waals surface area (Å²) in [6, 6.07) is 4.71. The van der Waals surface area contributed by atoms with Gasteiger partial charge < -0.3 is 10.5 Å². The molecule has 2 rings (SSSR count). The van der Waals surface area contributed by atoms with Gasteiger partial charge in [0, 0.05) is 30.6 Å². The molecule has 1 aliphatic heterocycles. The molecule has 1 unspecified atom stereocenters. The molecule has 0 spiro atoms. The lowest BCUT2D eigenvalue weighted by Gasteiger charge is -2.35. The summed E-state index contributed by atoms with van der Waals surface area (Å²) in [7, 11) is 2.04. The largest absolute Gasteiger partial charge is 0.488 e. The van der Waals surface area contributed by atoms with Crippen LogP contribution in [0.1, 0.15) is 19.4 Å². The van der Waals surface area contributed by atoms with Crippen LogP contribution < -0.4 is 10.5 Å². The lowest BCUT2D eigenvalue weighted by Crippen LogP contribution is -2.50. The maximum Gasteiger partial charge on any atom is 0.123 e. The highest BCUT2D eigenvalue weighted by Crippen LogP contribution is 2.30. The summed E-state index contributed by atoms with van der Waals surface area (Å²) in [5.41, 5.74) is 6.66. The number of hydrogen-bond acceptors (Lipinski definition) is 3. The molecule has 1 aromatic carbocycles. The normalized spacial score (nSPS) is 18.9. The number of fused-ring (bicyclic) bond motifs is 1. The first kappa shape index (κ1) is 13.3. The van der Waals surface area contributed by atoms with Crippen LogP contribution in [0.4, 0.5) is 4.39 Å². The number of rotatable bonds is 4. The number of hydrogen-bond donors (Lipinski definition) is 1. The molecule has 1 heterocycles. The van der Waals surface area contributed by atoms with E-state index in [1.807, 2.05) is 7.05 Å². The van der Waals surface area contributed by atoms with Crippen LogP contribution in [0.5, 0.6) is 5.75 Å². The lowest BCUT2D eigenvalue weighted by molar-refractivity contribution is 0.0994. The minimum atomic E-state index is -0.200. The lowest BCUT2D eigenvalue weighted by atomic mass is 10.0. The number of halogens is 1. The highest BCUT2D eigenvalue weighted by Gasteiger charge is 2.29. The Bertz CT molecular complexity index is 434. The van der Waals surface area contributed by atoms with E-state index in [0.29, 0.717) is 6.54 Å². The minimum absolute atomic E-state index is 0.0522. The Hall–Kier alpha value is -1.13. The van der Waals surface area contributed by atoms with Crippen LogP contribution in [0, 0.1) is 5.82 Å². The molecule has 0 amide bonds. The maximum atomic E-state index is 13.1. The first-order valence-corrected chi connectivity index (χ1v) is 6.29. The van der Waals surface area contributed by atoms with E-state index in [2.05, 4.69) is 18.7 Å². The molecule has 18 heavy (non-hydrogen) atoms. The van der Waals surface area contributed by atoms with Gasteiger partial charge in [-0.3, -0.25) is 4.90 Å². The monoisotopic (exact) mass is 252 g/mol. The summed E-state index contributed by atoms with van der Waals surface area (Å²) >= 11 is 0. The topological polar surface area (TPSA) is 38.5 Å². The van der Waals surface area contributed by atoms with Gasteiger partial charge in [0.05, 0.1) is 0 Å². The Kier molecular flexibility index (Phi) is 3.59. The molecule has 0 fully saturated rings. The molecule has 4 heteroatoms. The van der Waals surface area contributed by atoms with Gasteiger partial charge in [0.15, 0.2) is 0 Å². The summed E-state index contributed by atoms with van der Waals surface area (Å²) in [6.07, 6.45) is 0.843. The van der Waals surface area contributed by atoms with Gasteiger partial charge in [0.1, 0.15) is 17.7 Å². The van der Waals surface area contributed by atoms with E-state index in [9.17, 15) is 4.39 Å². The van der Waals surface area contributed by atoms with Gasteiger partial charge in [-0.15, -0.1) is 0 Å². The van der Waals surface area contributed by atoms with Crippen molar-refractivity contribution in [3.05, 3.63) is 29.6 Å². The average molecular weight is 252 g/mol. The molecule has 0 aliphatic carbocycles. The molecular formula is C14H21FN2O. The fraction of sp³-hybridized carbons (Fsp3) is 0.571. The predicted octanol–water partition coefficient (Wildman–Crippen LogP) is 1.80. The fourth-order valence-electron chi connectivity index (χ4n) is 2.10. The van der Waals surface area contributed by atoms with Crippen LogP contribution in [-0.2, 0) is 6.42 Å². The smallest absolute Gasteiger partial charge is 0.123 e. The van der Waals surface area contributed by atoms with Crippen molar-refractivity contribution in [2.75, 3.05) is 20.1 Å². The quantitative estimate of drug-likeness (QED) is 0.888. The van der Waals surface area contributed by atoms with Crippen molar-refractivity contribution in [3.8, 4) is 5.75 Å². The SMILES string of the molecule is CN(CC1Cc2cc(F)ccc2O1)C(C)(C)CN. The van der Waals surface area contributed by atoms with Gasteiger partial charge in [-0.2, -0.15) is 0 Å². The zero-order chi connectivity index (χ0) is 13.3. The number of ether oxygens (including phenoxy) is 1. The third-order valence-corrected chi connectivity index (χ3v) is 3.77. The minimum Gasteiger partial charge on any atom is -0.488 e. The van der Waals surface area contributed by atoms with Crippen LogP contribution in [0.25, 0.3) is 0 Å². The second-order valence-electron chi connectivity index (χ2n) is 5.59. The summed E-state index contributed by atoms with van der Waals surface area (Å²) < 4.78 is 18.9. The van der Waals surface area contributed by atoms with Crippen LogP contribution in [-0.4, -0.2) is 36.7 Å². The van der Waals surface area contributed by atoms with Crippen molar-refractivity contribution >= 4 is 0 Å². The third-order valence-electron chi connectivity index (χ3n) is 3.77. The van der Waals surface area contributed by atoms with E-state index in [1.54, 1.807) is 12.1 Å². The van der Waals surface area contributed by atoms with Gasteiger partial charge >= 0.3 is 0 Å². The second kappa shape index (κ2) is 4.86. The summed E-state index contributed by atoms with van der Waals surface area (Å²) in [4.78, 5) is 2.19. The third kappa shape index (κ3) is 2.65. The van der Waals surface area contributed by atoms with Gasteiger partial charge in [-0.25, -0.2) is 4.39 Å². The Morgan fingerprint density at radius 3 is 2.89 bits per heavy atom. The van der Waals surface area contributed by atoms with Crippen molar-refractivity contribution in [1.82, 2.24) is 4.90 Å². The molecule has 0 bridgehead atoms. The van der Waals surface area contributed by atoms with Crippen molar-refractivity contribution < 1.29 is 9.13 Å². The van der Waals surface area contributed by atoms with Crippen molar-refractivity contribution in [1.29, 1.82) is 0 Å². The Morgan fingerprint density at radius 2 is 2.22 bits per heavy atom. The van der Waals surface area contributed by atoms with Gasteiger partial charge in [-0.1, -0.05) is 0 Å². The van der Waals surface area contributed by atoms with Crippen LogP contribution in [0.2, 0.25) is 0 Å². The molecule has 2 N–H and O–H groups in total. The molecule has 0 radical (unpaired) electrons. The average Bonchev–Trinajstić information content (AvgIpc) is 2.70. The molecule has 3 nitrogen and oxygen atoms in total. The number of likely N-dealkylation sites (N-methyl/N-ethyl adjacent to an activating group) is 1. The molecule has 100 valence electrons. The molecule has 0 aromatic heterocycles. The van der Waals surface area contributed by atoms with E-state index >= 15 is 0 Å². The molecule has 1 aliphatic rings. The Morgan fingerprint density at radius 1 is 1.50 bits per heavy atom. The zero-order valence-corrected chi connectivity index (χ0v) is 11.2. The Balaban J connectivity index is 2.00. The van der Waals surface area contributed by atoms with Crippen molar-refractivity contribution in [3.63, 3.8) is 0 Å².